The van der Waals surface area contributed by atoms with Gasteiger partial charge in [-0.3, -0.25) is 10.3 Å². The molecular weight excluding hydrogens is 453 g/mol. The monoisotopic (exact) mass is 477 g/mol. The molecule has 1 atom stereocenters. The maximum Gasteiger partial charge on any atom is 0.413 e. The van der Waals surface area contributed by atoms with E-state index in [9.17, 15) is 14.3 Å². The highest BCUT2D eigenvalue weighted by atomic mass is 19.1. The Balaban J connectivity index is 1.66. The summed E-state index contributed by atoms with van der Waals surface area (Å²) < 4.78 is 31.9. The summed E-state index contributed by atoms with van der Waals surface area (Å²) in [5, 5.41) is 12.9. The molecule has 2 N–H and O–H groups in total. The van der Waals surface area contributed by atoms with Gasteiger partial charge >= 0.3 is 6.09 Å². The van der Waals surface area contributed by atoms with Gasteiger partial charge in [0.2, 0.25) is 5.95 Å². The first-order chi connectivity index (χ1) is 16.6. The number of amidine groups is 1. The van der Waals surface area contributed by atoms with Crippen molar-refractivity contribution in [3.8, 4) is 28.4 Å². The van der Waals surface area contributed by atoms with E-state index in [0.29, 0.717) is 33.8 Å². The molecule has 35 heavy (non-hydrogen) atoms. The van der Waals surface area contributed by atoms with E-state index in [2.05, 4.69) is 10.3 Å². The Morgan fingerprint density at radius 3 is 2.63 bits per heavy atom. The second kappa shape index (κ2) is 8.35. The zero-order valence-corrected chi connectivity index (χ0v) is 19.5. The molecule has 9 heteroatoms. The van der Waals surface area contributed by atoms with E-state index in [1.807, 2.05) is 0 Å². The highest BCUT2D eigenvalue weighted by Gasteiger charge is 2.45. The van der Waals surface area contributed by atoms with Crippen molar-refractivity contribution < 1.29 is 28.5 Å². The van der Waals surface area contributed by atoms with Crippen LogP contribution in [0.3, 0.4) is 0 Å². The molecule has 0 aliphatic carbocycles. The number of nitrogens with zero attached hydrogens (tertiary/aromatic N) is 2. The first-order valence-electron chi connectivity index (χ1n) is 11.1. The lowest BCUT2D eigenvalue weighted by Gasteiger charge is -2.40. The Kier molecular flexibility index (Phi) is 5.44. The minimum Gasteiger partial charge on any atom is -0.508 e. The molecule has 180 valence electrons. The smallest absolute Gasteiger partial charge is 0.413 e. The van der Waals surface area contributed by atoms with Crippen molar-refractivity contribution in [3.63, 3.8) is 0 Å². The molecule has 2 aliphatic heterocycles. The summed E-state index contributed by atoms with van der Waals surface area (Å²) in [5.74, 6) is 0.660. The standard InChI is InChI=1S/C26H24FN3O5/c1-25(2,3)35-24(32)29-22-13-33-14-26(30-22)18-11-15(17-5-4-10-28-23(17)27)6-8-20(18)34-21-9-7-16(31)12-19(21)26/h4-12,31H,13-14H2,1-3H3,(H,29,30,32). The number of ether oxygens (including phenoxy) is 3. The third-order valence-corrected chi connectivity index (χ3v) is 5.64. The van der Waals surface area contributed by atoms with Crippen LogP contribution in [0.25, 0.3) is 11.1 Å². The Bertz CT molecular complexity index is 1350. The highest BCUT2D eigenvalue weighted by Crippen LogP contribution is 2.51. The number of benzene rings is 2. The van der Waals surface area contributed by atoms with Crippen LogP contribution in [0, 0.1) is 5.95 Å². The van der Waals surface area contributed by atoms with Gasteiger partial charge in [0.15, 0.2) is 0 Å². The van der Waals surface area contributed by atoms with Crippen molar-refractivity contribution in [2.75, 3.05) is 13.2 Å². The van der Waals surface area contributed by atoms with Crippen molar-refractivity contribution >= 4 is 11.9 Å². The van der Waals surface area contributed by atoms with Crippen LogP contribution in [0.1, 0.15) is 31.9 Å². The molecule has 2 aromatic carbocycles. The number of nitrogens with one attached hydrogen (secondary N) is 1. The number of halogens is 1. The average molecular weight is 477 g/mol. The number of amides is 1. The number of carbonyl (C=O) groups excluding carboxylic acids is 1. The number of hydrogen-bond acceptors (Lipinski definition) is 7. The maximum absolute atomic E-state index is 14.5. The van der Waals surface area contributed by atoms with Crippen LogP contribution in [0.15, 0.2) is 59.7 Å². The van der Waals surface area contributed by atoms with Gasteiger partial charge in [-0.15, -0.1) is 0 Å². The predicted molar refractivity (Wildman–Crippen MR) is 126 cm³/mol. The molecule has 8 nitrogen and oxygen atoms in total. The quantitative estimate of drug-likeness (QED) is 0.484. The average Bonchev–Trinajstić information content (AvgIpc) is 2.79. The van der Waals surface area contributed by atoms with Crippen LogP contribution < -0.4 is 10.1 Å². The van der Waals surface area contributed by atoms with Gasteiger partial charge in [-0.25, -0.2) is 9.78 Å². The van der Waals surface area contributed by atoms with Gasteiger partial charge in [0.1, 0.15) is 40.8 Å². The van der Waals surface area contributed by atoms with Crippen molar-refractivity contribution in [1.29, 1.82) is 0 Å². The number of fused-ring (bicyclic) bond motifs is 4. The van der Waals surface area contributed by atoms with E-state index in [1.165, 1.54) is 12.3 Å². The van der Waals surface area contributed by atoms with Gasteiger partial charge in [0, 0.05) is 22.9 Å². The van der Waals surface area contributed by atoms with Gasteiger partial charge in [0.25, 0.3) is 0 Å². The molecule has 0 saturated carbocycles. The molecule has 1 aromatic heterocycles. The first-order valence-corrected chi connectivity index (χ1v) is 11.1. The van der Waals surface area contributed by atoms with Crippen LogP contribution in [-0.2, 0) is 15.0 Å². The third-order valence-electron chi connectivity index (χ3n) is 5.64. The summed E-state index contributed by atoms with van der Waals surface area (Å²) in [5.41, 5.74) is 0.184. The molecule has 0 radical (unpaired) electrons. The predicted octanol–water partition coefficient (Wildman–Crippen LogP) is 4.90. The molecule has 3 aromatic rings. The van der Waals surface area contributed by atoms with E-state index in [4.69, 9.17) is 19.2 Å². The lowest BCUT2D eigenvalue weighted by atomic mass is 9.79. The molecule has 1 amide bonds. The van der Waals surface area contributed by atoms with Crippen LogP contribution in [0.4, 0.5) is 9.18 Å². The fourth-order valence-corrected chi connectivity index (χ4v) is 4.26. The molecule has 0 saturated heterocycles. The number of rotatable bonds is 1. The Morgan fingerprint density at radius 1 is 1.14 bits per heavy atom. The summed E-state index contributed by atoms with van der Waals surface area (Å²) in [6.07, 6.45) is 0.723. The minimum atomic E-state index is -1.17. The third kappa shape index (κ3) is 4.30. The number of pyridine rings is 1. The molecule has 2 aliphatic rings. The maximum atomic E-state index is 14.5. The van der Waals surface area contributed by atoms with E-state index < -0.39 is 23.2 Å². The number of aliphatic imine (C=N–C) groups is 1. The number of aromatic nitrogens is 1. The van der Waals surface area contributed by atoms with Crippen molar-refractivity contribution in [2.45, 2.75) is 31.9 Å². The van der Waals surface area contributed by atoms with E-state index in [0.717, 1.165) is 0 Å². The lowest BCUT2D eigenvalue weighted by molar-refractivity contribution is 0.0545. The SMILES string of the molecule is CC(C)(C)OC(=O)NC1=NC2(COC1)c1cc(O)ccc1Oc1ccc(-c3cccnc3F)cc12. The summed E-state index contributed by atoms with van der Waals surface area (Å²) in [6.45, 7) is 5.46. The van der Waals surface area contributed by atoms with Crippen molar-refractivity contribution in [3.05, 3.63) is 71.8 Å². The van der Waals surface area contributed by atoms with E-state index in [-0.39, 0.29) is 24.8 Å². The number of hydrogen-bond donors (Lipinski definition) is 2. The molecule has 0 bridgehead atoms. The summed E-state index contributed by atoms with van der Waals surface area (Å²) in [7, 11) is 0. The minimum absolute atomic E-state index is 0.0204. The molecule has 0 fully saturated rings. The zero-order chi connectivity index (χ0) is 24.8. The lowest BCUT2D eigenvalue weighted by Crippen LogP contribution is -2.46. The van der Waals surface area contributed by atoms with Gasteiger partial charge in [0.05, 0.1) is 6.61 Å². The summed E-state index contributed by atoms with van der Waals surface area (Å²) >= 11 is 0. The second-order valence-corrected chi connectivity index (χ2v) is 9.37. The summed E-state index contributed by atoms with van der Waals surface area (Å²) in [4.78, 5) is 21.1. The molecule has 1 unspecified atom stereocenters. The molecular formula is C26H24FN3O5. The zero-order valence-electron chi connectivity index (χ0n) is 19.5. The van der Waals surface area contributed by atoms with Gasteiger partial charge in [-0.1, -0.05) is 6.07 Å². The molecule has 1 spiro atoms. The first kappa shape index (κ1) is 22.8. The van der Waals surface area contributed by atoms with Crippen LogP contribution >= 0.6 is 0 Å². The Labute approximate surface area is 201 Å². The number of alkyl carbamates (subject to hydrolysis) is 1. The largest absolute Gasteiger partial charge is 0.508 e. The fraction of sp³-hybridized carbons (Fsp3) is 0.269. The molecule has 5 rings (SSSR count). The Hall–Kier alpha value is -3.98. The number of aromatic hydroxyl groups is 1. The summed E-state index contributed by atoms with van der Waals surface area (Å²) in [6, 6.07) is 13.3. The number of phenolic OH excluding ortho intramolecular Hbond substituents is 1. The van der Waals surface area contributed by atoms with Gasteiger partial charge < -0.3 is 19.3 Å². The van der Waals surface area contributed by atoms with Crippen LogP contribution in [-0.4, -0.2) is 40.8 Å². The number of carbonyl (C=O) groups is 1. The highest BCUT2D eigenvalue weighted by molar-refractivity contribution is 5.97. The normalized spacial score (nSPS) is 18.7. The Morgan fingerprint density at radius 2 is 1.89 bits per heavy atom. The number of phenols is 1. The second-order valence-electron chi connectivity index (χ2n) is 9.37. The van der Waals surface area contributed by atoms with Crippen LogP contribution in [0.5, 0.6) is 17.2 Å². The topological polar surface area (TPSA) is 102 Å². The van der Waals surface area contributed by atoms with Crippen molar-refractivity contribution in [2.24, 2.45) is 4.99 Å². The molecule has 3 heterocycles. The fourth-order valence-electron chi connectivity index (χ4n) is 4.26. The van der Waals surface area contributed by atoms with Crippen molar-refractivity contribution in [1.82, 2.24) is 10.3 Å². The van der Waals surface area contributed by atoms with Gasteiger partial charge in [-0.2, -0.15) is 4.39 Å². The van der Waals surface area contributed by atoms with Crippen LogP contribution in [0.2, 0.25) is 0 Å². The van der Waals surface area contributed by atoms with E-state index >= 15 is 0 Å². The van der Waals surface area contributed by atoms with Gasteiger partial charge in [-0.05, 0) is 68.8 Å². The van der Waals surface area contributed by atoms with E-state index in [1.54, 1.807) is 63.2 Å².